The van der Waals surface area contributed by atoms with Gasteiger partial charge in [-0.2, -0.15) is 0 Å². The van der Waals surface area contributed by atoms with Crippen molar-refractivity contribution in [3.05, 3.63) is 65.4 Å². The van der Waals surface area contributed by atoms with Crippen LogP contribution in [0.15, 0.2) is 64.1 Å². The maximum absolute atomic E-state index is 12.3. The zero-order chi connectivity index (χ0) is 21.2. The molecule has 0 unspecified atom stereocenters. The molecule has 2 aromatic carbocycles. The number of nitrogens with zero attached hydrogens (tertiary/aromatic N) is 2. The van der Waals surface area contributed by atoms with E-state index in [1.807, 2.05) is 0 Å². The second-order valence-electron chi connectivity index (χ2n) is 6.32. The minimum atomic E-state index is -3.64. The predicted molar refractivity (Wildman–Crippen MR) is 106 cm³/mol. The highest BCUT2D eigenvalue weighted by atomic mass is 32.2. The van der Waals surface area contributed by atoms with Gasteiger partial charge >= 0.3 is 11.9 Å². The average molecular weight is 414 g/mol. The fraction of sp³-hybridized carbons (Fsp3) is 0.150. The number of ether oxygens (including phenoxy) is 2. The Bertz CT molecular complexity index is 1150. The zero-order valence-corrected chi connectivity index (χ0v) is 16.8. The van der Waals surface area contributed by atoms with Gasteiger partial charge in [-0.05, 0) is 42.0 Å². The molecule has 0 saturated heterocycles. The Balaban J connectivity index is 1.93. The number of carbonyl (C=O) groups excluding carboxylic acids is 2. The van der Waals surface area contributed by atoms with Crippen LogP contribution >= 0.6 is 0 Å². The van der Waals surface area contributed by atoms with Crippen molar-refractivity contribution in [3.8, 4) is 5.75 Å². The van der Waals surface area contributed by atoms with Crippen molar-refractivity contribution < 1.29 is 27.5 Å². The van der Waals surface area contributed by atoms with E-state index >= 15 is 0 Å². The molecule has 150 valence electrons. The van der Waals surface area contributed by atoms with Crippen LogP contribution in [0.5, 0.6) is 5.75 Å². The quantitative estimate of drug-likeness (QED) is 0.422. The lowest BCUT2D eigenvalue weighted by molar-refractivity contribution is -0.132. The fourth-order valence-corrected chi connectivity index (χ4v) is 3.47. The highest BCUT2D eigenvalue weighted by Gasteiger charge is 2.26. The third-order valence-corrected chi connectivity index (χ3v) is 5.71. The number of hydrogen-bond acceptors (Lipinski definition) is 7. The Hall–Kier alpha value is -3.30. The number of rotatable bonds is 5. The summed E-state index contributed by atoms with van der Waals surface area (Å²) in [5, 5.41) is 0. The van der Waals surface area contributed by atoms with Gasteiger partial charge in [-0.25, -0.2) is 22.5 Å². The van der Waals surface area contributed by atoms with Gasteiger partial charge in [0.2, 0.25) is 15.9 Å². The maximum Gasteiger partial charge on any atom is 0.363 e. The van der Waals surface area contributed by atoms with Gasteiger partial charge in [0.05, 0.1) is 4.90 Å². The van der Waals surface area contributed by atoms with Crippen molar-refractivity contribution in [2.45, 2.75) is 11.8 Å². The molecular weight excluding hydrogens is 396 g/mol. The summed E-state index contributed by atoms with van der Waals surface area (Å²) in [6, 6.07) is 12.6. The number of esters is 2. The number of benzene rings is 2. The van der Waals surface area contributed by atoms with E-state index in [0.717, 1.165) is 4.31 Å². The van der Waals surface area contributed by atoms with E-state index in [1.165, 1.54) is 39.2 Å². The fourth-order valence-electron chi connectivity index (χ4n) is 2.52. The molecule has 29 heavy (non-hydrogen) atoms. The van der Waals surface area contributed by atoms with Crippen LogP contribution in [-0.4, -0.2) is 44.7 Å². The Morgan fingerprint density at radius 1 is 1.14 bits per heavy atom. The van der Waals surface area contributed by atoms with Gasteiger partial charge in [-0.3, -0.25) is 4.79 Å². The highest BCUT2D eigenvalue weighted by molar-refractivity contribution is 7.89. The molecule has 3 rings (SSSR count). The smallest absolute Gasteiger partial charge is 0.363 e. The Morgan fingerprint density at radius 2 is 1.86 bits per heavy atom. The molecule has 0 bridgehead atoms. The third kappa shape index (κ3) is 4.58. The number of sulfonamides is 1. The topological polar surface area (TPSA) is 102 Å². The van der Waals surface area contributed by atoms with Crippen LogP contribution in [0.1, 0.15) is 18.1 Å². The van der Waals surface area contributed by atoms with Crippen molar-refractivity contribution in [3.63, 3.8) is 0 Å². The maximum atomic E-state index is 12.3. The second-order valence-corrected chi connectivity index (χ2v) is 8.47. The third-order valence-electron chi connectivity index (χ3n) is 3.90. The van der Waals surface area contributed by atoms with Crippen LogP contribution in [0.25, 0.3) is 6.08 Å². The number of cyclic esters (lactones) is 1. The van der Waals surface area contributed by atoms with Crippen molar-refractivity contribution >= 4 is 33.9 Å². The lowest BCUT2D eigenvalue weighted by Crippen LogP contribution is -2.22. The molecule has 1 aliphatic heterocycles. The molecule has 0 amide bonds. The van der Waals surface area contributed by atoms with E-state index < -0.39 is 22.0 Å². The Kier molecular flexibility index (Phi) is 5.62. The second kappa shape index (κ2) is 7.98. The molecule has 0 saturated carbocycles. The van der Waals surface area contributed by atoms with Crippen molar-refractivity contribution in [1.82, 2.24) is 4.31 Å². The van der Waals surface area contributed by atoms with E-state index in [2.05, 4.69) is 4.99 Å². The first kappa shape index (κ1) is 20.4. The first-order chi connectivity index (χ1) is 13.7. The SMILES string of the molecule is CC(=O)Oc1cccc(/C=C2\N=C(c3cccc(S(=O)(=O)N(C)C)c3)OC2=O)c1. The molecule has 9 heteroatoms. The summed E-state index contributed by atoms with van der Waals surface area (Å²) < 4.78 is 35.9. The van der Waals surface area contributed by atoms with E-state index in [4.69, 9.17) is 9.47 Å². The summed E-state index contributed by atoms with van der Waals surface area (Å²) in [6.45, 7) is 1.29. The summed E-state index contributed by atoms with van der Waals surface area (Å²) in [7, 11) is -0.777. The molecule has 8 nitrogen and oxygen atoms in total. The van der Waals surface area contributed by atoms with Crippen LogP contribution in [0, 0.1) is 0 Å². The molecule has 0 atom stereocenters. The molecule has 0 aromatic heterocycles. The van der Waals surface area contributed by atoms with Crippen LogP contribution in [-0.2, 0) is 24.3 Å². The molecule has 0 N–H and O–H groups in total. The molecule has 0 fully saturated rings. The molecule has 1 aliphatic rings. The minimum Gasteiger partial charge on any atom is -0.427 e. The lowest BCUT2D eigenvalue weighted by atomic mass is 10.2. The van der Waals surface area contributed by atoms with Gasteiger partial charge in [-0.1, -0.05) is 18.2 Å². The molecule has 2 aromatic rings. The standard InChI is InChI=1S/C20H18N2O6S/c1-13(23)27-16-8-4-6-14(10-16)11-18-20(24)28-19(21-18)15-7-5-9-17(12-15)29(25,26)22(2)3/h4-12H,1-3H3/b18-11-. The van der Waals surface area contributed by atoms with Crippen LogP contribution in [0.4, 0.5) is 0 Å². The molecular formula is C20H18N2O6S. The van der Waals surface area contributed by atoms with E-state index in [1.54, 1.807) is 36.4 Å². The van der Waals surface area contributed by atoms with Crippen LogP contribution < -0.4 is 4.74 Å². The largest absolute Gasteiger partial charge is 0.427 e. The summed E-state index contributed by atoms with van der Waals surface area (Å²) in [5.74, 6) is -0.779. The predicted octanol–water partition coefficient (Wildman–Crippen LogP) is 2.21. The van der Waals surface area contributed by atoms with Gasteiger partial charge in [0, 0.05) is 26.6 Å². The molecule has 0 spiro atoms. The normalized spacial score (nSPS) is 15.4. The van der Waals surface area contributed by atoms with Gasteiger partial charge in [0.25, 0.3) is 0 Å². The first-order valence-corrected chi connectivity index (χ1v) is 9.95. The monoisotopic (exact) mass is 414 g/mol. The minimum absolute atomic E-state index is 0.00759. The van der Waals surface area contributed by atoms with Gasteiger partial charge in [0.1, 0.15) is 5.75 Å². The number of aliphatic imine (C=N–C) groups is 1. The highest BCUT2D eigenvalue weighted by Crippen LogP contribution is 2.23. The van der Waals surface area contributed by atoms with Crippen molar-refractivity contribution in [1.29, 1.82) is 0 Å². The summed E-state index contributed by atoms with van der Waals surface area (Å²) in [5.41, 5.74) is 0.990. The lowest BCUT2D eigenvalue weighted by Gasteiger charge is -2.11. The molecule has 1 heterocycles. The molecule has 0 aliphatic carbocycles. The summed E-state index contributed by atoms with van der Waals surface area (Å²) in [6.07, 6.45) is 1.49. The summed E-state index contributed by atoms with van der Waals surface area (Å²) >= 11 is 0. The molecule has 0 radical (unpaired) electrons. The van der Waals surface area contributed by atoms with Gasteiger partial charge in [-0.15, -0.1) is 0 Å². The van der Waals surface area contributed by atoms with Gasteiger partial charge < -0.3 is 9.47 Å². The van der Waals surface area contributed by atoms with E-state index in [0.29, 0.717) is 16.9 Å². The van der Waals surface area contributed by atoms with Crippen molar-refractivity contribution in [2.75, 3.05) is 14.1 Å². The van der Waals surface area contributed by atoms with Crippen LogP contribution in [0.3, 0.4) is 0 Å². The zero-order valence-electron chi connectivity index (χ0n) is 15.9. The summed E-state index contributed by atoms with van der Waals surface area (Å²) in [4.78, 5) is 27.5. The first-order valence-electron chi connectivity index (χ1n) is 8.51. The van der Waals surface area contributed by atoms with E-state index in [-0.39, 0.29) is 16.5 Å². The van der Waals surface area contributed by atoms with Crippen molar-refractivity contribution in [2.24, 2.45) is 4.99 Å². The van der Waals surface area contributed by atoms with Gasteiger partial charge in [0.15, 0.2) is 5.70 Å². The number of carbonyl (C=O) groups is 2. The van der Waals surface area contributed by atoms with E-state index in [9.17, 15) is 18.0 Å². The van der Waals surface area contributed by atoms with Crippen LogP contribution in [0.2, 0.25) is 0 Å². The number of hydrogen-bond donors (Lipinski definition) is 0. The Morgan fingerprint density at radius 3 is 2.55 bits per heavy atom. The Labute approximate surface area is 168 Å². The average Bonchev–Trinajstić information content (AvgIpc) is 3.02.